The van der Waals surface area contributed by atoms with Gasteiger partial charge in [-0.3, -0.25) is 4.99 Å². The van der Waals surface area contributed by atoms with Crippen LogP contribution in [0.1, 0.15) is 62.0 Å². The fourth-order valence-corrected chi connectivity index (χ4v) is 4.99. The van der Waals surface area contributed by atoms with Crippen LogP contribution in [0.2, 0.25) is 0 Å². The molecule has 2 aromatic heterocycles. The third-order valence-electron chi connectivity index (χ3n) is 6.42. The minimum Gasteiger partial charge on any atom is -0.367 e. The number of benzene rings is 1. The smallest absolute Gasteiger partial charge is 0.147 e. The molecular weight excluding hydrogens is 346 g/mol. The minimum absolute atomic E-state index is 0.577. The largest absolute Gasteiger partial charge is 0.367 e. The van der Waals surface area contributed by atoms with Gasteiger partial charge in [-0.1, -0.05) is 44.4 Å². The number of nitrogens with one attached hydrogen (secondary N) is 2. The fraction of sp³-hybridized carbons (Fsp3) is 0.478. The monoisotopic (exact) mass is 375 g/mol. The highest BCUT2D eigenvalue weighted by Crippen LogP contribution is 2.37. The van der Waals surface area contributed by atoms with Gasteiger partial charge >= 0.3 is 0 Å². The van der Waals surface area contributed by atoms with Crippen LogP contribution in [0.15, 0.2) is 29.3 Å². The molecule has 146 valence electrons. The zero-order valence-corrected chi connectivity index (χ0v) is 16.9. The lowest BCUT2D eigenvalue weighted by Crippen LogP contribution is -2.37. The number of amidine groups is 1. The van der Waals surface area contributed by atoms with Crippen molar-refractivity contribution < 1.29 is 0 Å². The van der Waals surface area contributed by atoms with Gasteiger partial charge in [-0.2, -0.15) is 0 Å². The second-order valence-electron chi connectivity index (χ2n) is 8.07. The summed E-state index contributed by atoms with van der Waals surface area (Å²) in [5.41, 5.74) is 5.89. The summed E-state index contributed by atoms with van der Waals surface area (Å²) in [4.78, 5) is 13.5. The van der Waals surface area contributed by atoms with E-state index in [1.54, 1.807) is 0 Å². The topological polar surface area (TPSA) is 58.0 Å². The molecule has 3 aromatic rings. The van der Waals surface area contributed by atoms with Crippen molar-refractivity contribution in [3.8, 4) is 11.4 Å². The van der Waals surface area contributed by atoms with E-state index in [0.717, 1.165) is 42.4 Å². The van der Waals surface area contributed by atoms with Crippen LogP contribution < -0.4 is 5.32 Å². The molecule has 0 saturated heterocycles. The Kier molecular flexibility index (Phi) is 4.46. The predicted octanol–water partition coefficient (Wildman–Crippen LogP) is 4.62. The molecule has 1 aromatic carbocycles. The zero-order chi connectivity index (χ0) is 19.1. The first-order chi connectivity index (χ1) is 13.8. The van der Waals surface area contributed by atoms with E-state index in [4.69, 9.17) is 4.98 Å². The number of hydrogen-bond acceptors (Lipinski definition) is 2. The molecule has 1 aliphatic carbocycles. The number of hydrogen-bond donors (Lipinski definition) is 2. The summed E-state index contributed by atoms with van der Waals surface area (Å²) in [5.74, 6) is 2.81. The molecule has 1 aliphatic heterocycles. The first-order valence-corrected chi connectivity index (χ1v) is 10.7. The van der Waals surface area contributed by atoms with Gasteiger partial charge in [0, 0.05) is 37.0 Å². The number of rotatable bonds is 3. The van der Waals surface area contributed by atoms with Crippen molar-refractivity contribution in [3.63, 3.8) is 0 Å². The maximum Gasteiger partial charge on any atom is 0.147 e. The van der Waals surface area contributed by atoms with E-state index < -0.39 is 0 Å². The second-order valence-corrected chi connectivity index (χ2v) is 8.07. The summed E-state index contributed by atoms with van der Waals surface area (Å²) in [6.45, 7) is 4.09. The Morgan fingerprint density at radius 2 is 2.07 bits per heavy atom. The third-order valence-corrected chi connectivity index (χ3v) is 6.42. The van der Waals surface area contributed by atoms with Gasteiger partial charge in [0.2, 0.25) is 0 Å². The molecule has 0 unspecified atom stereocenters. The van der Waals surface area contributed by atoms with Crippen molar-refractivity contribution in [1.29, 1.82) is 0 Å². The number of para-hydroxylation sites is 1. The summed E-state index contributed by atoms with van der Waals surface area (Å²) in [6, 6.07) is 8.80. The number of aromatic amines is 1. The lowest BCUT2D eigenvalue weighted by molar-refractivity contribution is 0.413. The average molecular weight is 376 g/mol. The van der Waals surface area contributed by atoms with Crippen molar-refractivity contribution in [2.75, 3.05) is 13.6 Å². The van der Waals surface area contributed by atoms with Crippen molar-refractivity contribution >= 4 is 16.7 Å². The number of nitrogens with zero attached hydrogens (tertiary/aromatic N) is 3. The molecule has 0 atom stereocenters. The number of fused-ring (bicyclic) bond motifs is 2. The molecule has 2 N–H and O–H groups in total. The van der Waals surface area contributed by atoms with Gasteiger partial charge < -0.3 is 14.9 Å². The normalized spacial score (nSPS) is 19.1. The molecule has 1 saturated carbocycles. The van der Waals surface area contributed by atoms with Crippen molar-refractivity contribution in [2.24, 2.45) is 4.99 Å². The second kappa shape index (κ2) is 7.12. The standard InChI is InChI=1S/C23H29N5/c1-3-15-10-7-11-17-14-18(26-19(15)17)20-21-22(24-2)25-12-13-28(21)23(27-20)16-8-5-4-6-9-16/h7,10-11,14,16,26H,3-6,8-9,12-13H2,1-2H3,(H,24,25). The molecule has 0 bridgehead atoms. The van der Waals surface area contributed by atoms with Crippen LogP contribution in [0.3, 0.4) is 0 Å². The van der Waals surface area contributed by atoms with Crippen molar-refractivity contribution in [1.82, 2.24) is 19.9 Å². The molecule has 5 rings (SSSR count). The van der Waals surface area contributed by atoms with E-state index >= 15 is 0 Å². The van der Waals surface area contributed by atoms with E-state index in [1.165, 1.54) is 54.4 Å². The lowest BCUT2D eigenvalue weighted by atomic mass is 9.88. The Morgan fingerprint density at radius 3 is 2.86 bits per heavy atom. The highest BCUT2D eigenvalue weighted by molar-refractivity contribution is 6.03. The number of aromatic nitrogens is 3. The Hall–Kier alpha value is -2.56. The van der Waals surface area contributed by atoms with E-state index in [-0.39, 0.29) is 0 Å². The van der Waals surface area contributed by atoms with Crippen LogP contribution in [-0.4, -0.2) is 34.0 Å². The van der Waals surface area contributed by atoms with Crippen molar-refractivity contribution in [2.45, 2.75) is 57.9 Å². The number of imidazole rings is 1. The maximum atomic E-state index is 5.25. The maximum absolute atomic E-state index is 5.25. The number of aliphatic imine (C=N–C) groups is 1. The lowest BCUT2D eigenvalue weighted by Gasteiger charge is -2.25. The van der Waals surface area contributed by atoms with Gasteiger partial charge in [0.05, 0.1) is 5.69 Å². The fourth-order valence-electron chi connectivity index (χ4n) is 4.99. The van der Waals surface area contributed by atoms with Crippen LogP contribution in [-0.2, 0) is 13.0 Å². The average Bonchev–Trinajstić information content (AvgIpc) is 3.35. The zero-order valence-electron chi connectivity index (χ0n) is 16.9. The molecular formula is C23H29N5. The molecule has 5 heteroatoms. The highest BCUT2D eigenvalue weighted by Gasteiger charge is 2.30. The Morgan fingerprint density at radius 1 is 1.21 bits per heavy atom. The van der Waals surface area contributed by atoms with Gasteiger partial charge in [0.15, 0.2) is 0 Å². The van der Waals surface area contributed by atoms with Crippen LogP contribution in [0, 0.1) is 0 Å². The Labute approximate surface area is 166 Å². The van der Waals surface area contributed by atoms with Gasteiger partial charge in [0.25, 0.3) is 0 Å². The van der Waals surface area contributed by atoms with Gasteiger partial charge in [-0.25, -0.2) is 4.98 Å². The molecule has 0 spiro atoms. The van der Waals surface area contributed by atoms with Gasteiger partial charge in [-0.15, -0.1) is 0 Å². The van der Waals surface area contributed by atoms with E-state index in [1.807, 2.05) is 7.05 Å². The summed E-state index contributed by atoms with van der Waals surface area (Å²) in [5, 5.41) is 4.74. The quantitative estimate of drug-likeness (QED) is 0.702. The molecule has 28 heavy (non-hydrogen) atoms. The molecule has 5 nitrogen and oxygen atoms in total. The van der Waals surface area contributed by atoms with Gasteiger partial charge in [0.1, 0.15) is 23.0 Å². The predicted molar refractivity (Wildman–Crippen MR) is 115 cm³/mol. The summed E-state index contributed by atoms with van der Waals surface area (Å²) in [7, 11) is 1.87. The Balaban J connectivity index is 1.70. The Bertz CT molecular complexity index is 1030. The summed E-state index contributed by atoms with van der Waals surface area (Å²) < 4.78 is 2.44. The molecule has 0 radical (unpaired) electrons. The van der Waals surface area contributed by atoms with Crippen molar-refractivity contribution in [3.05, 3.63) is 41.3 Å². The number of aryl methyl sites for hydroxylation is 1. The third kappa shape index (κ3) is 2.76. The van der Waals surface area contributed by atoms with E-state index in [0.29, 0.717) is 5.92 Å². The van der Waals surface area contributed by atoms with Crippen LogP contribution in [0.4, 0.5) is 0 Å². The molecule has 1 fully saturated rings. The first-order valence-electron chi connectivity index (χ1n) is 10.7. The highest BCUT2D eigenvalue weighted by atomic mass is 15.2. The van der Waals surface area contributed by atoms with E-state index in [2.05, 4.69) is 51.0 Å². The van der Waals surface area contributed by atoms with Crippen LogP contribution in [0.5, 0.6) is 0 Å². The number of H-pyrrole nitrogens is 1. The van der Waals surface area contributed by atoms with E-state index in [9.17, 15) is 0 Å². The molecule has 0 amide bonds. The van der Waals surface area contributed by atoms with Crippen LogP contribution in [0.25, 0.3) is 22.3 Å². The summed E-state index contributed by atoms with van der Waals surface area (Å²) >= 11 is 0. The SMILES string of the molecule is CCc1cccc2cc(-c3nc(C4CCCCC4)n4c3C(=NC)NCC4)[nH]c12. The van der Waals surface area contributed by atoms with Gasteiger partial charge in [-0.05, 0) is 30.9 Å². The molecule has 3 heterocycles. The molecule has 2 aliphatic rings. The van der Waals surface area contributed by atoms with Crippen LogP contribution >= 0.6 is 0 Å². The minimum atomic E-state index is 0.577. The first kappa shape index (κ1) is 17.5. The summed E-state index contributed by atoms with van der Waals surface area (Å²) in [6.07, 6.45) is 7.54.